The number of carbonyl (C=O) groups excluding carboxylic acids is 1. The molecule has 0 bridgehead atoms. The number of hydrogen-bond donors (Lipinski definition) is 2. The van der Waals surface area contributed by atoms with Crippen LogP contribution >= 0.6 is 0 Å². The van der Waals surface area contributed by atoms with Crippen LogP contribution in [0.15, 0.2) is 23.9 Å². The molecule has 0 aromatic heterocycles. The lowest BCUT2D eigenvalue weighted by Crippen LogP contribution is -2.34. The van der Waals surface area contributed by atoms with Gasteiger partial charge in [-0.2, -0.15) is 0 Å². The number of hydrogen-bond acceptors (Lipinski definition) is 4. The van der Waals surface area contributed by atoms with E-state index in [1.807, 2.05) is 6.07 Å². The number of carbonyl (C=O) groups is 2. The highest BCUT2D eigenvalue weighted by Crippen LogP contribution is 2.26. The first-order valence-electron chi connectivity index (χ1n) is 6.95. The van der Waals surface area contributed by atoms with Gasteiger partial charge in [-0.3, -0.25) is 5.32 Å². The van der Waals surface area contributed by atoms with Crippen molar-refractivity contribution in [1.82, 2.24) is 5.32 Å². The summed E-state index contributed by atoms with van der Waals surface area (Å²) in [6, 6.07) is 5.38. The molecule has 1 aliphatic heterocycles. The summed E-state index contributed by atoms with van der Waals surface area (Å²) in [6.45, 7) is 5.75. The fraction of sp³-hybridized carbons (Fsp3) is 0.375. The topological polar surface area (TPSA) is 84.9 Å². The molecule has 2 N–H and O–H groups in total. The summed E-state index contributed by atoms with van der Waals surface area (Å²) >= 11 is 0. The Bertz CT molecular complexity index is 628. The summed E-state index contributed by atoms with van der Waals surface area (Å²) in [5.41, 5.74) is 0.764. The zero-order valence-corrected chi connectivity index (χ0v) is 12.8. The van der Waals surface area contributed by atoms with Crippen LogP contribution in [0.25, 0.3) is 6.08 Å². The van der Waals surface area contributed by atoms with E-state index in [9.17, 15) is 14.7 Å². The zero-order chi connectivity index (χ0) is 16.3. The Morgan fingerprint density at radius 1 is 1.36 bits per heavy atom. The molecule has 0 fully saturated rings. The van der Waals surface area contributed by atoms with Crippen LogP contribution in [0.5, 0.6) is 5.75 Å². The first kappa shape index (κ1) is 15.9. The summed E-state index contributed by atoms with van der Waals surface area (Å²) in [7, 11) is 0. The molecule has 0 spiro atoms. The number of nitrogens with one attached hydrogen (secondary N) is 1. The molecule has 118 valence electrons. The van der Waals surface area contributed by atoms with Crippen molar-refractivity contribution in [1.29, 1.82) is 0 Å². The van der Waals surface area contributed by atoms with E-state index in [1.165, 1.54) is 6.08 Å². The largest absolute Gasteiger partial charge is 0.493 e. The Kier molecular flexibility index (Phi) is 4.40. The molecule has 0 saturated carbocycles. The molecule has 1 heterocycles. The predicted octanol–water partition coefficient (Wildman–Crippen LogP) is 2.57. The van der Waals surface area contributed by atoms with Crippen LogP contribution in [-0.4, -0.2) is 29.4 Å². The van der Waals surface area contributed by atoms with E-state index < -0.39 is 17.7 Å². The third-order valence-electron chi connectivity index (χ3n) is 2.89. The molecule has 0 aliphatic carbocycles. The van der Waals surface area contributed by atoms with Crippen LogP contribution in [0.2, 0.25) is 0 Å². The first-order valence-corrected chi connectivity index (χ1v) is 6.95. The summed E-state index contributed by atoms with van der Waals surface area (Å²) in [5, 5.41) is 11.5. The SMILES string of the molecule is CC(C)(C)OC(=O)NC(=Cc1ccc2c(c1)CCO2)C(=O)O. The number of amides is 1. The number of rotatable bonds is 3. The maximum absolute atomic E-state index is 11.7. The second kappa shape index (κ2) is 6.09. The molecular formula is C16H19NO5. The fourth-order valence-corrected chi connectivity index (χ4v) is 2.03. The molecule has 1 aromatic rings. The Hall–Kier alpha value is -2.50. The van der Waals surface area contributed by atoms with Crippen molar-refractivity contribution < 1.29 is 24.2 Å². The fourth-order valence-electron chi connectivity index (χ4n) is 2.03. The van der Waals surface area contributed by atoms with Gasteiger partial charge in [-0.25, -0.2) is 9.59 Å². The first-order chi connectivity index (χ1) is 10.2. The lowest BCUT2D eigenvalue weighted by molar-refractivity contribution is -0.133. The lowest BCUT2D eigenvalue weighted by atomic mass is 10.1. The van der Waals surface area contributed by atoms with Crippen molar-refractivity contribution in [2.75, 3.05) is 6.61 Å². The average molecular weight is 305 g/mol. The van der Waals surface area contributed by atoms with E-state index in [-0.39, 0.29) is 5.70 Å². The van der Waals surface area contributed by atoms with Crippen molar-refractivity contribution in [2.24, 2.45) is 0 Å². The summed E-state index contributed by atoms with van der Waals surface area (Å²) < 4.78 is 10.5. The summed E-state index contributed by atoms with van der Waals surface area (Å²) in [5.74, 6) is -0.420. The molecule has 6 nitrogen and oxygen atoms in total. The Morgan fingerprint density at radius 3 is 2.73 bits per heavy atom. The smallest absolute Gasteiger partial charge is 0.412 e. The minimum absolute atomic E-state index is 0.242. The lowest BCUT2D eigenvalue weighted by Gasteiger charge is -2.19. The average Bonchev–Trinajstić information content (AvgIpc) is 2.82. The Labute approximate surface area is 128 Å². The maximum atomic E-state index is 11.7. The number of ether oxygens (including phenoxy) is 2. The van der Waals surface area contributed by atoms with Gasteiger partial charge < -0.3 is 14.6 Å². The number of carboxylic acid groups (broad SMARTS) is 1. The molecule has 0 radical (unpaired) electrons. The van der Waals surface area contributed by atoms with Gasteiger partial charge in [-0.1, -0.05) is 6.07 Å². The quantitative estimate of drug-likeness (QED) is 0.838. The highest BCUT2D eigenvalue weighted by molar-refractivity contribution is 5.95. The summed E-state index contributed by atoms with van der Waals surface area (Å²) in [4.78, 5) is 23.0. The predicted molar refractivity (Wildman–Crippen MR) is 80.6 cm³/mol. The minimum Gasteiger partial charge on any atom is -0.493 e. The Morgan fingerprint density at radius 2 is 2.09 bits per heavy atom. The van der Waals surface area contributed by atoms with Crippen LogP contribution in [0, 0.1) is 0 Å². The number of fused-ring (bicyclic) bond motifs is 1. The minimum atomic E-state index is -1.23. The number of alkyl carbamates (subject to hydrolysis) is 1. The molecule has 6 heteroatoms. The van der Waals surface area contributed by atoms with Crippen LogP contribution in [0.1, 0.15) is 31.9 Å². The second-order valence-corrected chi connectivity index (χ2v) is 5.96. The number of carboxylic acids is 1. The molecular weight excluding hydrogens is 286 g/mol. The van der Waals surface area contributed by atoms with Gasteiger partial charge in [0.25, 0.3) is 0 Å². The van der Waals surface area contributed by atoms with Crippen molar-refractivity contribution >= 4 is 18.1 Å². The standard InChI is InChI=1S/C16H19NO5/c1-16(2,3)22-15(20)17-12(14(18)19)9-10-4-5-13-11(8-10)6-7-21-13/h4-5,8-9H,6-7H2,1-3H3,(H,17,20)(H,18,19). The van der Waals surface area contributed by atoms with Gasteiger partial charge in [-0.05, 0) is 50.1 Å². The normalized spacial score (nSPS) is 14.0. The molecule has 1 aromatic carbocycles. The van der Waals surface area contributed by atoms with E-state index in [1.54, 1.807) is 32.9 Å². The van der Waals surface area contributed by atoms with E-state index in [2.05, 4.69) is 5.32 Å². The number of benzene rings is 1. The van der Waals surface area contributed by atoms with Crippen molar-refractivity contribution in [3.63, 3.8) is 0 Å². The molecule has 0 unspecified atom stereocenters. The Balaban J connectivity index is 2.17. The highest BCUT2D eigenvalue weighted by Gasteiger charge is 2.19. The van der Waals surface area contributed by atoms with Crippen molar-refractivity contribution in [2.45, 2.75) is 32.8 Å². The van der Waals surface area contributed by atoms with Crippen LogP contribution in [0.3, 0.4) is 0 Å². The van der Waals surface area contributed by atoms with E-state index in [4.69, 9.17) is 9.47 Å². The molecule has 2 rings (SSSR count). The van der Waals surface area contributed by atoms with Gasteiger partial charge in [0.05, 0.1) is 6.61 Å². The molecule has 1 amide bonds. The van der Waals surface area contributed by atoms with Gasteiger partial charge in [0.2, 0.25) is 0 Å². The van der Waals surface area contributed by atoms with Crippen molar-refractivity contribution in [3.05, 3.63) is 35.0 Å². The molecule has 0 atom stereocenters. The summed E-state index contributed by atoms with van der Waals surface area (Å²) in [6.07, 6.45) is 1.38. The van der Waals surface area contributed by atoms with Crippen LogP contribution in [0.4, 0.5) is 4.79 Å². The highest BCUT2D eigenvalue weighted by atomic mass is 16.6. The number of aliphatic carboxylic acids is 1. The second-order valence-electron chi connectivity index (χ2n) is 5.96. The molecule has 1 aliphatic rings. The third-order valence-corrected chi connectivity index (χ3v) is 2.89. The molecule has 0 saturated heterocycles. The van der Waals surface area contributed by atoms with E-state index in [0.29, 0.717) is 12.2 Å². The van der Waals surface area contributed by atoms with E-state index >= 15 is 0 Å². The van der Waals surface area contributed by atoms with Gasteiger partial charge in [0.15, 0.2) is 0 Å². The van der Waals surface area contributed by atoms with Gasteiger partial charge >= 0.3 is 12.1 Å². The van der Waals surface area contributed by atoms with Crippen molar-refractivity contribution in [3.8, 4) is 5.75 Å². The maximum Gasteiger partial charge on any atom is 0.412 e. The van der Waals surface area contributed by atoms with Gasteiger partial charge in [-0.15, -0.1) is 0 Å². The third kappa shape index (κ3) is 4.25. The van der Waals surface area contributed by atoms with Gasteiger partial charge in [0.1, 0.15) is 17.0 Å². The zero-order valence-electron chi connectivity index (χ0n) is 12.8. The molecule has 22 heavy (non-hydrogen) atoms. The van der Waals surface area contributed by atoms with Gasteiger partial charge in [0, 0.05) is 6.42 Å². The van der Waals surface area contributed by atoms with Crippen LogP contribution < -0.4 is 10.1 Å². The van der Waals surface area contributed by atoms with Crippen LogP contribution in [-0.2, 0) is 16.0 Å². The monoisotopic (exact) mass is 305 g/mol. The van der Waals surface area contributed by atoms with E-state index in [0.717, 1.165) is 17.7 Å².